The van der Waals surface area contributed by atoms with Crippen LogP contribution in [0, 0.1) is 12.8 Å². The number of carboxylic acid groups (broad SMARTS) is 1. The van der Waals surface area contributed by atoms with Gasteiger partial charge in [0.2, 0.25) is 0 Å². The van der Waals surface area contributed by atoms with Gasteiger partial charge >= 0.3 is 6.09 Å². The van der Waals surface area contributed by atoms with Gasteiger partial charge in [-0.3, -0.25) is 0 Å². The van der Waals surface area contributed by atoms with E-state index in [1.165, 1.54) is 4.90 Å². The van der Waals surface area contributed by atoms with Gasteiger partial charge in [0.15, 0.2) is 0 Å². The summed E-state index contributed by atoms with van der Waals surface area (Å²) in [6, 6.07) is 5.88. The van der Waals surface area contributed by atoms with Gasteiger partial charge in [0.1, 0.15) is 11.6 Å². The number of imidazole rings is 1. The summed E-state index contributed by atoms with van der Waals surface area (Å²) >= 11 is 0. The average molecular weight is 303 g/mol. The summed E-state index contributed by atoms with van der Waals surface area (Å²) in [7, 11) is 0. The molecule has 22 heavy (non-hydrogen) atoms. The van der Waals surface area contributed by atoms with Gasteiger partial charge in [0, 0.05) is 19.2 Å². The van der Waals surface area contributed by atoms with Crippen molar-refractivity contribution in [3.8, 4) is 5.75 Å². The average Bonchev–Trinajstić information content (AvgIpc) is 2.87. The minimum Gasteiger partial charge on any atom is -0.494 e. The Bertz CT molecular complexity index is 660. The summed E-state index contributed by atoms with van der Waals surface area (Å²) in [5.74, 6) is 2.28. The molecule has 0 bridgehead atoms. The number of benzene rings is 1. The van der Waals surface area contributed by atoms with Crippen molar-refractivity contribution in [2.45, 2.75) is 26.2 Å². The van der Waals surface area contributed by atoms with Gasteiger partial charge in [0.25, 0.3) is 0 Å². The highest BCUT2D eigenvalue weighted by atomic mass is 16.5. The SMILES string of the molecule is Cc1nc2cc(OCCC3CCN(C(=O)O)CC3)ccc2[nH]1. The highest BCUT2D eigenvalue weighted by Gasteiger charge is 2.21. The number of H-pyrrole nitrogens is 1. The molecule has 1 aliphatic rings. The number of aromatic nitrogens is 2. The van der Waals surface area contributed by atoms with Crippen molar-refractivity contribution >= 4 is 17.1 Å². The van der Waals surface area contributed by atoms with E-state index in [4.69, 9.17) is 9.84 Å². The molecule has 0 unspecified atom stereocenters. The third-order valence-corrected chi connectivity index (χ3v) is 4.25. The standard InChI is InChI=1S/C16H21N3O3/c1-11-17-14-3-2-13(10-15(14)18-11)22-9-6-12-4-7-19(8-5-12)16(20)21/h2-3,10,12H,4-9H2,1H3,(H,17,18)(H,20,21). The van der Waals surface area contributed by atoms with Crippen LogP contribution in [0.2, 0.25) is 0 Å². The van der Waals surface area contributed by atoms with Crippen molar-refractivity contribution in [1.29, 1.82) is 0 Å². The van der Waals surface area contributed by atoms with Gasteiger partial charge in [-0.25, -0.2) is 9.78 Å². The number of aryl methyl sites for hydroxylation is 1. The fourth-order valence-corrected chi connectivity index (χ4v) is 2.96. The second kappa shape index (κ2) is 6.25. The zero-order chi connectivity index (χ0) is 15.5. The Morgan fingerprint density at radius 3 is 2.95 bits per heavy atom. The van der Waals surface area contributed by atoms with Crippen molar-refractivity contribution in [2.24, 2.45) is 5.92 Å². The van der Waals surface area contributed by atoms with Crippen molar-refractivity contribution in [3.63, 3.8) is 0 Å². The van der Waals surface area contributed by atoms with Crippen LogP contribution in [0.3, 0.4) is 0 Å². The van der Waals surface area contributed by atoms with Gasteiger partial charge in [0.05, 0.1) is 17.6 Å². The van der Waals surface area contributed by atoms with Gasteiger partial charge in [-0.2, -0.15) is 0 Å². The van der Waals surface area contributed by atoms with E-state index in [0.717, 1.165) is 41.9 Å². The van der Waals surface area contributed by atoms with Crippen molar-refractivity contribution in [2.75, 3.05) is 19.7 Å². The lowest BCUT2D eigenvalue weighted by atomic mass is 9.94. The lowest BCUT2D eigenvalue weighted by Gasteiger charge is -2.29. The zero-order valence-corrected chi connectivity index (χ0v) is 12.7. The second-order valence-electron chi connectivity index (χ2n) is 5.85. The van der Waals surface area contributed by atoms with E-state index >= 15 is 0 Å². The summed E-state index contributed by atoms with van der Waals surface area (Å²) in [6.45, 7) is 3.87. The molecule has 6 heteroatoms. The van der Waals surface area contributed by atoms with E-state index in [1.807, 2.05) is 25.1 Å². The minimum atomic E-state index is -0.808. The molecule has 0 aliphatic carbocycles. The number of hydrogen-bond acceptors (Lipinski definition) is 3. The first-order chi connectivity index (χ1) is 10.6. The van der Waals surface area contributed by atoms with E-state index in [-0.39, 0.29) is 0 Å². The summed E-state index contributed by atoms with van der Waals surface area (Å²) in [6.07, 6.45) is 2.00. The lowest BCUT2D eigenvalue weighted by Crippen LogP contribution is -2.37. The quantitative estimate of drug-likeness (QED) is 0.910. The molecule has 2 aromatic rings. The highest BCUT2D eigenvalue weighted by Crippen LogP contribution is 2.22. The molecule has 6 nitrogen and oxygen atoms in total. The fourth-order valence-electron chi connectivity index (χ4n) is 2.96. The molecular formula is C16H21N3O3. The number of rotatable bonds is 4. The number of nitrogens with zero attached hydrogens (tertiary/aromatic N) is 2. The van der Waals surface area contributed by atoms with E-state index < -0.39 is 6.09 Å². The van der Waals surface area contributed by atoms with Crippen molar-refractivity contribution in [3.05, 3.63) is 24.0 Å². The smallest absolute Gasteiger partial charge is 0.407 e. The molecular weight excluding hydrogens is 282 g/mol. The van der Waals surface area contributed by atoms with Crippen LogP contribution in [0.5, 0.6) is 5.75 Å². The molecule has 1 aliphatic heterocycles. The predicted molar refractivity (Wildman–Crippen MR) is 83.3 cm³/mol. The molecule has 1 amide bonds. The van der Waals surface area contributed by atoms with Gasteiger partial charge < -0.3 is 19.7 Å². The van der Waals surface area contributed by atoms with E-state index in [2.05, 4.69) is 9.97 Å². The maximum Gasteiger partial charge on any atom is 0.407 e. The fraction of sp³-hybridized carbons (Fsp3) is 0.500. The van der Waals surface area contributed by atoms with Crippen LogP contribution in [0.4, 0.5) is 4.79 Å². The molecule has 1 saturated heterocycles. The Kier molecular flexibility index (Phi) is 4.18. The van der Waals surface area contributed by atoms with Gasteiger partial charge in [-0.05, 0) is 44.2 Å². The van der Waals surface area contributed by atoms with E-state index in [0.29, 0.717) is 25.6 Å². The molecule has 118 valence electrons. The van der Waals surface area contributed by atoms with Crippen LogP contribution in [-0.4, -0.2) is 45.8 Å². The Morgan fingerprint density at radius 2 is 2.23 bits per heavy atom. The predicted octanol–water partition coefficient (Wildman–Crippen LogP) is 3.03. The van der Waals surface area contributed by atoms with Crippen molar-refractivity contribution < 1.29 is 14.6 Å². The number of aromatic amines is 1. The molecule has 0 radical (unpaired) electrons. The normalized spacial score (nSPS) is 16.1. The number of carbonyl (C=O) groups is 1. The number of ether oxygens (including phenoxy) is 1. The maximum atomic E-state index is 10.9. The van der Waals surface area contributed by atoms with E-state index in [1.54, 1.807) is 0 Å². The van der Waals surface area contributed by atoms with Gasteiger partial charge in [-0.1, -0.05) is 0 Å². The second-order valence-corrected chi connectivity index (χ2v) is 5.85. The Balaban J connectivity index is 1.47. The van der Waals surface area contributed by atoms with E-state index in [9.17, 15) is 4.79 Å². The molecule has 0 spiro atoms. The number of piperidine rings is 1. The maximum absolute atomic E-state index is 10.9. The summed E-state index contributed by atoms with van der Waals surface area (Å²) in [5.41, 5.74) is 1.94. The van der Waals surface area contributed by atoms with Crippen LogP contribution >= 0.6 is 0 Å². The molecule has 1 aromatic heterocycles. The minimum absolute atomic E-state index is 0.548. The monoisotopic (exact) mass is 303 g/mol. The first-order valence-corrected chi connectivity index (χ1v) is 7.69. The molecule has 0 saturated carbocycles. The van der Waals surface area contributed by atoms with Gasteiger partial charge in [-0.15, -0.1) is 0 Å². The summed E-state index contributed by atoms with van der Waals surface area (Å²) in [4.78, 5) is 19.9. The summed E-state index contributed by atoms with van der Waals surface area (Å²) < 4.78 is 5.82. The molecule has 2 heterocycles. The third-order valence-electron chi connectivity index (χ3n) is 4.25. The molecule has 2 N–H and O–H groups in total. The largest absolute Gasteiger partial charge is 0.494 e. The number of hydrogen-bond donors (Lipinski definition) is 2. The summed E-state index contributed by atoms with van der Waals surface area (Å²) in [5, 5.41) is 8.93. The Labute approximate surface area is 129 Å². The number of likely N-dealkylation sites (tertiary alicyclic amines) is 1. The third kappa shape index (κ3) is 3.32. The van der Waals surface area contributed by atoms with Crippen LogP contribution in [0.1, 0.15) is 25.1 Å². The molecule has 0 atom stereocenters. The number of amides is 1. The molecule has 1 aromatic carbocycles. The molecule has 3 rings (SSSR count). The molecule has 1 fully saturated rings. The number of fused-ring (bicyclic) bond motifs is 1. The van der Waals surface area contributed by atoms with Crippen LogP contribution in [0.25, 0.3) is 11.0 Å². The highest BCUT2D eigenvalue weighted by molar-refractivity contribution is 5.76. The lowest BCUT2D eigenvalue weighted by molar-refractivity contribution is 0.119. The first kappa shape index (κ1) is 14.7. The van der Waals surface area contributed by atoms with Crippen molar-refractivity contribution in [1.82, 2.24) is 14.9 Å². The Morgan fingerprint density at radius 1 is 1.45 bits per heavy atom. The Hall–Kier alpha value is -2.24. The first-order valence-electron chi connectivity index (χ1n) is 7.69. The van der Waals surface area contributed by atoms with Crippen LogP contribution in [-0.2, 0) is 0 Å². The number of nitrogens with one attached hydrogen (secondary N) is 1. The van der Waals surface area contributed by atoms with Crippen LogP contribution in [0.15, 0.2) is 18.2 Å². The van der Waals surface area contributed by atoms with Crippen LogP contribution < -0.4 is 4.74 Å². The zero-order valence-electron chi connectivity index (χ0n) is 12.7. The topological polar surface area (TPSA) is 78.4 Å².